The molecule has 19 heavy (non-hydrogen) atoms. The Labute approximate surface area is 124 Å². The van der Waals surface area contributed by atoms with Crippen LogP contribution in [0.2, 0.25) is 10.0 Å². The van der Waals surface area contributed by atoms with Crippen molar-refractivity contribution in [3.8, 4) is 5.75 Å². The second-order valence-electron chi connectivity index (χ2n) is 5.14. The smallest absolute Gasteiger partial charge is 0.143 e. The van der Waals surface area contributed by atoms with Crippen LogP contribution in [-0.2, 0) is 6.61 Å². The fraction of sp³-hybridized carbons (Fsp3) is 0.600. The van der Waals surface area contributed by atoms with Gasteiger partial charge in [0.15, 0.2) is 0 Å². The number of rotatable bonds is 4. The Kier molecular flexibility index (Phi) is 5.37. The van der Waals surface area contributed by atoms with E-state index in [2.05, 4.69) is 6.92 Å². The second kappa shape index (κ2) is 6.83. The van der Waals surface area contributed by atoms with Crippen molar-refractivity contribution in [2.24, 2.45) is 5.92 Å². The first-order valence-corrected chi connectivity index (χ1v) is 7.66. The van der Waals surface area contributed by atoms with E-state index in [1.165, 1.54) is 19.3 Å². The van der Waals surface area contributed by atoms with Crippen LogP contribution in [0.4, 0.5) is 0 Å². The third-order valence-electron chi connectivity index (χ3n) is 3.89. The van der Waals surface area contributed by atoms with Crippen molar-refractivity contribution in [2.45, 2.75) is 51.7 Å². The highest BCUT2D eigenvalue weighted by Gasteiger charge is 2.26. The van der Waals surface area contributed by atoms with Gasteiger partial charge in [-0.2, -0.15) is 0 Å². The van der Waals surface area contributed by atoms with Crippen LogP contribution in [0.5, 0.6) is 5.75 Å². The predicted molar refractivity (Wildman–Crippen MR) is 79.0 cm³/mol. The zero-order valence-electron chi connectivity index (χ0n) is 11.2. The zero-order valence-corrected chi connectivity index (χ0v) is 12.7. The van der Waals surface area contributed by atoms with Gasteiger partial charge in [-0.25, -0.2) is 0 Å². The van der Waals surface area contributed by atoms with E-state index in [-0.39, 0.29) is 12.7 Å². The second-order valence-corrected chi connectivity index (χ2v) is 5.99. The van der Waals surface area contributed by atoms with Crippen LogP contribution >= 0.6 is 23.2 Å². The maximum absolute atomic E-state index is 9.42. The first-order chi connectivity index (χ1) is 9.15. The Balaban J connectivity index is 2.22. The van der Waals surface area contributed by atoms with Gasteiger partial charge in [0.05, 0.1) is 11.6 Å². The lowest BCUT2D eigenvalue weighted by Crippen LogP contribution is -2.30. The van der Waals surface area contributed by atoms with Gasteiger partial charge in [0, 0.05) is 10.6 Å². The summed E-state index contributed by atoms with van der Waals surface area (Å²) in [6.07, 6.45) is 6.05. The van der Waals surface area contributed by atoms with Gasteiger partial charge in [0.2, 0.25) is 0 Å². The van der Waals surface area contributed by atoms with E-state index in [0.717, 1.165) is 12.8 Å². The van der Waals surface area contributed by atoms with Gasteiger partial charge >= 0.3 is 0 Å². The molecular weight excluding hydrogens is 283 g/mol. The van der Waals surface area contributed by atoms with Gasteiger partial charge in [0.1, 0.15) is 11.9 Å². The summed E-state index contributed by atoms with van der Waals surface area (Å²) in [5.41, 5.74) is 0.665. The fourth-order valence-electron chi connectivity index (χ4n) is 2.81. The number of halogens is 2. The molecule has 1 saturated carbocycles. The number of ether oxygens (including phenoxy) is 1. The van der Waals surface area contributed by atoms with Crippen LogP contribution in [0, 0.1) is 5.92 Å². The molecule has 0 amide bonds. The van der Waals surface area contributed by atoms with E-state index < -0.39 is 0 Å². The van der Waals surface area contributed by atoms with Gasteiger partial charge in [-0.05, 0) is 43.7 Å². The van der Waals surface area contributed by atoms with Crippen LogP contribution in [-0.4, -0.2) is 11.2 Å². The monoisotopic (exact) mass is 302 g/mol. The molecule has 1 fully saturated rings. The molecular formula is C15H20Cl2O2. The molecule has 1 aromatic carbocycles. The lowest BCUT2D eigenvalue weighted by molar-refractivity contribution is 0.0879. The van der Waals surface area contributed by atoms with E-state index in [9.17, 15) is 5.11 Å². The highest BCUT2D eigenvalue weighted by molar-refractivity contribution is 6.35. The lowest BCUT2D eigenvalue weighted by Gasteiger charge is -2.32. The Morgan fingerprint density at radius 2 is 2.00 bits per heavy atom. The summed E-state index contributed by atoms with van der Waals surface area (Å²) in [5, 5.41) is 10.4. The minimum atomic E-state index is -0.112. The standard InChI is InChI=1S/C15H20Cl2O2/c1-2-10-5-3-4-6-14(10)19-15-11(9-18)7-12(16)8-13(15)17/h7-8,10,14,18H,2-6,9H2,1H3. The third-order valence-corrected chi connectivity index (χ3v) is 4.39. The Bertz CT molecular complexity index is 434. The molecule has 0 aromatic heterocycles. The molecule has 0 heterocycles. The summed E-state index contributed by atoms with van der Waals surface area (Å²) in [7, 11) is 0. The average molecular weight is 303 g/mol. The molecule has 1 N–H and O–H groups in total. The number of benzene rings is 1. The predicted octanol–water partition coefficient (Wildman–Crippen LogP) is 4.83. The summed E-state index contributed by atoms with van der Waals surface area (Å²) in [6, 6.07) is 3.38. The molecule has 2 nitrogen and oxygen atoms in total. The fourth-order valence-corrected chi connectivity index (χ4v) is 3.39. The molecule has 0 radical (unpaired) electrons. The zero-order chi connectivity index (χ0) is 13.8. The molecule has 1 aliphatic carbocycles. The Hall–Kier alpha value is -0.440. The van der Waals surface area contributed by atoms with Crippen molar-refractivity contribution in [2.75, 3.05) is 0 Å². The van der Waals surface area contributed by atoms with E-state index >= 15 is 0 Å². The largest absolute Gasteiger partial charge is 0.488 e. The summed E-state index contributed by atoms with van der Waals surface area (Å²) in [4.78, 5) is 0. The van der Waals surface area contributed by atoms with Crippen LogP contribution in [0.15, 0.2) is 12.1 Å². The summed E-state index contributed by atoms with van der Waals surface area (Å²) >= 11 is 12.2. The molecule has 2 rings (SSSR count). The number of hydrogen-bond donors (Lipinski definition) is 1. The maximum atomic E-state index is 9.42. The lowest BCUT2D eigenvalue weighted by atomic mass is 9.84. The van der Waals surface area contributed by atoms with Gasteiger partial charge in [-0.3, -0.25) is 0 Å². The minimum absolute atomic E-state index is 0.112. The summed E-state index contributed by atoms with van der Waals surface area (Å²) < 4.78 is 6.12. The van der Waals surface area contributed by atoms with Crippen molar-refractivity contribution in [1.82, 2.24) is 0 Å². The van der Waals surface area contributed by atoms with Gasteiger partial charge in [-0.1, -0.05) is 36.5 Å². The molecule has 0 bridgehead atoms. The Morgan fingerprint density at radius 3 is 2.68 bits per heavy atom. The normalized spacial score (nSPS) is 23.4. The van der Waals surface area contributed by atoms with E-state index in [1.54, 1.807) is 12.1 Å². The molecule has 1 aromatic rings. The first-order valence-electron chi connectivity index (χ1n) is 6.91. The minimum Gasteiger partial charge on any atom is -0.488 e. The number of aliphatic hydroxyl groups excluding tert-OH is 1. The SMILES string of the molecule is CCC1CCCCC1Oc1c(Cl)cc(Cl)cc1CO. The molecule has 2 atom stereocenters. The maximum Gasteiger partial charge on any atom is 0.143 e. The molecule has 106 valence electrons. The Morgan fingerprint density at radius 1 is 1.26 bits per heavy atom. The van der Waals surface area contributed by atoms with Crippen molar-refractivity contribution in [3.05, 3.63) is 27.7 Å². The number of hydrogen-bond acceptors (Lipinski definition) is 2. The van der Waals surface area contributed by atoms with Gasteiger partial charge in [0.25, 0.3) is 0 Å². The topological polar surface area (TPSA) is 29.5 Å². The molecule has 4 heteroatoms. The summed E-state index contributed by atoms with van der Waals surface area (Å²) in [6.45, 7) is 2.09. The quantitative estimate of drug-likeness (QED) is 0.863. The van der Waals surface area contributed by atoms with Crippen LogP contribution in [0.25, 0.3) is 0 Å². The molecule has 0 saturated heterocycles. The number of aliphatic hydroxyl groups is 1. The van der Waals surface area contributed by atoms with E-state index in [0.29, 0.717) is 27.3 Å². The van der Waals surface area contributed by atoms with E-state index in [1.807, 2.05) is 0 Å². The highest BCUT2D eigenvalue weighted by Crippen LogP contribution is 2.37. The van der Waals surface area contributed by atoms with Crippen molar-refractivity contribution >= 4 is 23.2 Å². The third kappa shape index (κ3) is 3.56. The molecule has 0 aliphatic heterocycles. The summed E-state index contributed by atoms with van der Waals surface area (Å²) in [5.74, 6) is 1.17. The molecule has 0 spiro atoms. The highest BCUT2D eigenvalue weighted by atomic mass is 35.5. The molecule has 2 unspecified atom stereocenters. The van der Waals surface area contributed by atoms with Crippen molar-refractivity contribution in [3.63, 3.8) is 0 Å². The first kappa shape index (κ1) is 15.0. The van der Waals surface area contributed by atoms with Crippen LogP contribution in [0.3, 0.4) is 0 Å². The van der Waals surface area contributed by atoms with Crippen molar-refractivity contribution in [1.29, 1.82) is 0 Å². The van der Waals surface area contributed by atoms with Crippen LogP contribution < -0.4 is 4.74 Å². The van der Waals surface area contributed by atoms with Crippen molar-refractivity contribution < 1.29 is 9.84 Å². The van der Waals surface area contributed by atoms with Gasteiger partial charge in [-0.15, -0.1) is 0 Å². The molecule has 1 aliphatic rings. The van der Waals surface area contributed by atoms with Gasteiger partial charge < -0.3 is 9.84 Å². The van der Waals surface area contributed by atoms with Crippen LogP contribution in [0.1, 0.15) is 44.6 Å². The average Bonchev–Trinajstić information content (AvgIpc) is 2.42. The van der Waals surface area contributed by atoms with E-state index in [4.69, 9.17) is 27.9 Å².